The van der Waals surface area contributed by atoms with Crippen LogP contribution in [0, 0.1) is 5.92 Å². The summed E-state index contributed by atoms with van der Waals surface area (Å²) < 4.78 is 0. The Balaban J connectivity index is 1.56. The van der Waals surface area contributed by atoms with E-state index in [0.29, 0.717) is 18.2 Å². The van der Waals surface area contributed by atoms with Crippen molar-refractivity contribution in [2.24, 2.45) is 5.92 Å². The minimum atomic E-state index is -0.0366. The molecule has 1 aromatic heterocycles. The van der Waals surface area contributed by atoms with Crippen molar-refractivity contribution in [1.29, 1.82) is 0 Å². The lowest BCUT2D eigenvalue weighted by molar-refractivity contribution is 0.0948. The van der Waals surface area contributed by atoms with Crippen LogP contribution in [0.25, 0.3) is 10.9 Å². The zero-order valence-corrected chi connectivity index (χ0v) is 15.3. The zero-order chi connectivity index (χ0) is 17.8. The smallest absolute Gasteiger partial charge is 0.267 e. The second-order valence-electron chi connectivity index (χ2n) is 7.09. The Kier molecular flexibility index (Phi) is 5.63. The van der Waals surface area contributed by atoms with Crippen LogP contribution in [0.1, 0.15) is 48.7 Å². The van der Waals surface area contributed by atoms with Gasteiger partial charge in [-0.2, -0.15) is 0 Å². The van der Waals surface area contributed by atoms with E-state index in [4.69, 9.17) is 0 Å². The average Bonchev–Trinajstić information content (AvgIpc) is 3.21. The highest BCUT2D eigenvalue weighted by Crippen LogP contribution is 2.33. The van der Waals surface area contributed by atoms with E-state index in [1.54, 1.807) is 0 Å². The number of aliphatic hydroxyl groups is 1. The molecule has 5 nitrogen and oxygen atoms in total. The Labute approximate surface area is 149 Å². The molecule has 1 aromatic carbocycles. The number of fused-ring (bicyclic) bond motifs is 3. The van der Waals surface area contributed by atoms with Crippen LogP contribution in [0.15, 0.2) is 18.2 Å². The molecule has 3 N–H and O–H groups in total. The Morgan fingerprint density at radius 1 is 1.40 bits per heavy atom. The number of hydrogen-bond donors (Lipinski definition) is 3. The molecule has 1 amide bonds. The van der Waals surface area contributed by atoms with Gasteiger partial charge >= 0.3 is 0 Å². The normalized spacial score (nSPS) is 14.8. The lowest BCUT2D eigenvalue weighted by atomic mass is 10.0. The number of carbonyl (C=O) groups excluding carboxylic acids is 1. The molecule has 0 saturated carbocycles. The summed E-state index contributed by atoms with van der Waals surface area (Å²) in [5, 5.41) is 13.4. The van der Waals surface area contributed by atoms with Crippen molar-refractivity contribution in [1.82, 2.24) is 10.3 Å². The minimum absolute atomic E-state index is 0.0366. The molecule has 0 saturated heterocycles. The molecule has 1 aliphatic rings. The highest BCUT2D eigenvalue weighted by atomic mass is 16.3. The van der Waals surface area contributed by atoms with E-state index < -0.39 is 0 Å². The minimum Gasteiger partial charge on any atom is -0.396 e. The highest BCUT2D eigenvalue weighted by molar-refractivity contribution is 6.00. The average molecular weight is 343 g/mol. The van der Waals surface area contributed by atoms with E-state index in [-0.39, 0.29) is 12.5 Å². The van der Waals surface area contributed by atoms with Crippen LogP contribution in [-0.4, -0.2) is 42.7 Å². The number of nitrogens with one attached hydrogen (secondary N) is 2. The molecule has 2 heterocycles. The van der Waals surface area contributed by atoms with Gasteiger partial charge < -0.3 is 20.3 Å². The molecule has 5 heteroatoms. The Morgan fingerprint density at radius 3 is 3.00 bits per heavy atom. The molecule has 25 heavy (non-hydrogen) atoms. The van der Waals surface area contributed by atoms with Crippen LogP contribution in [0.3, 0.4) is 0 Å². The van der Waals surface area contributed by atoms with Crippen molar-refractivity contribution in [2.45, 2.75) is 39.0 Å². The van der Waals surface area contributed by atoms with Crippen molar-refractivity contribution in [3.8, 4) is 0 Å². The SMILES string of the molecule is CCC(CO)CCCCNC(=O)c1cc2c3c(ccc2[nH]1)N(C)CC3. The van der Waals surface area contributed by atoms with Gasteiger partial charge in [-0.15, -0.1) is 0 Å². The number of nitrogens with zero attached hydrogens (tertiary/aromatic N) is 1. The third-order valence-electron chi connectivity index (χ3n) is 5.40. The number of aromatic nitrogens is 1. The van der Waals surface area contributed by atoms with E-state index >= 15 is 0 Å². The number of unbranched alkanes of at least 4 members (excludes halogenated alkanes) is 1. The maximum absolute atomic E-state index is 12.4. The Bertz CT molecular complexity index is 734. The van der Waals surface area contributed by atoms with Crippen LogP contribution in [-0.2, 0) is 6.42 Å². The Morgan fingerprint density at radius 2 is 2.24 bits per heavy atom. The largest absolute Gasteiger partial charge is 0.396 e. The molecule has 0 radical (unpaired) electrons. The fourth-order valence-corrected chi connectivity index (χ4v) is 3.67. The van der Waals surface area contributed by atoms with Crippen LogP contribution in [0.5, 0.6) is 0 Å². The molecule has 0 fully saturated rings. The summed E-state index contributed by atoms with van der Waals surface area (Å²) in [6, 6.07) is 6.18. The number of amides is 1. The van der Waals surface area contributed by atoms with Crippen molar-refractivity contribution >= 4 is 22.5 Å². The van der Waals surface area contributed by atoms with Gasteiger partial charge in [0.2, 0.25) is 0 Å². The van der Waals surface area contributed by atoms with Gasteiger partial charge in [0.25, 0.3) is 5.91 Å². The number of carbonyl (C=O) groups is 1. The standard InChI is InChI=1S/C20H29N3O2/c1-3-14(13-24)6-4-5-10-21-20(25)18-12-16-15-9-11-23(2)19(15)8-7-17(16)22-18/h7-8,12,14,22,24H,3-6,9-11,13H2,1-2H3,(H,21,25). The first kappa shape index (κ1) is 17.8. The summed E-state index contributed by atoms with van der Waals surface area (Å²) in [6.07, 6.45) is 5.05. The molecule has 136 valence electrons. The lowest BCUT2D eigenvalue weighted by Crippen LogP contribution is -2.24. The first-order chi connectivity index (χ1) is 12.1. The molecular weight excluding hydrogens is 314 g/mol. The monoisotopic (exact) mass is 343 g/mol. The molecule has 1 atom stereocenters. The van der Waals surface area contributed by atoms with Gasteiger partial charge in [0, 0.05) is 43.3 Å². The summed E-state index contributed by atoms with van der Waals surface area (Å²) in [6.45, 7) is 4.08. The number of H-pyrrole nitrogens is 1. The number of rotatable bonds is 8. The second kappa shape index (κ2) is 7.91. The summed E-state index contributed by atoms with van der Waals surface area (Å²) in [4.78, 5) is 17.9. The molecule has 1 unspecified atom stereocenters. The number of aromatic amines is 1. The molecule has 0 spiro atoms. The molecule has 2 aromatic rings. The third-order valence-corrected chi connectivity index (χ3v) is 5.40. The van der Waals surface area contributed by atoms with Gasteiger partial charge in [-0.3, -0.25) is 4.79 Å². The van der Waals surface area contributed by atoms with Crippen LogP contribution in [0.4, 0.5) is 5.69 Å². The van der Waals surface area contributed by atoms with E-state index in [9.17, 15) is 9.90 Å². The number of benzene rings is 1. The second-order valence-corrected chi connectivity index (χ2v) is 7.09. The van der Waals surface area contributed by atoms with Gasteiger partial charge in [-0.1, -0.05) is 19.8 Å². The van der Waals surface area contributed by atoms with Crippen LogP contribution < -0.4 is 10.2 Å². The maximum Gasteiger partial charge on any atom is 0.267 e. The quantitative estimate of drug-likeness (QED) is 0.645. The van der Waals surface area contributed by atoms with Crippen molar-refractivity contribution in [2.75, 3.05) is 31.6 Å². The maximum atomic E-state index is 12.4. The van der Waals surface area contributed by atoms with Gasteiger partial charge in [-0.25, -0.2) is 0 Å². The van der Waals surface area contributed by atoms with Gasteiger partial charge in [-0.05, 0) is 48.9 Å². The first-order valence-corrected chi connectivity index (χ1v) is 9.38. The molecule has 1 aliphatic heterocycles. The van der Waals surface area contributed by atoms with E-state index in [1.807, 2.05) is 6.07 Å². The highest BCUT2D eigenvalue weighted by Gasteiger charge is 2.20. The summed E-state index contributed by atoms with van der Waals surface area (Å²) in [5.41, 5.74) is 4.28. The van der Waals surface area contributed by atoms with E-state index in [2.05, 4.69) is 41.3 Å². The van der Waals surface area contributed by atoms with Crippen LogP contribution in [0.2, 0.25) is 0 Å². The van der Waals surface area contributed by atoms with E-state index in [0.717, 1.165) is 44.2 Å². The fourth-order valence-electron chi connectivity index (χ4n) is 3.67. The number of hydrogen-bond acceptors (Lipinski definition) is 3. The predicted octanol–water partition coefficient (Wildman–Crippen LogP) is 3.08. The van der Waals surface area contributed by atoms with Gasteiger partial charge in [0.05, 0.1) is 0 Å². The number of aliphatic hydroxyl groups excluding tert-OH is 1. The predicted molar refractivity (Wildman–Crippen MR) is 102 cm³/mol. The molecule has 0 bridgehead atoms. The zero-order valence-electron chi connectivity index (χ0n) is 15.3. The van der Waals surface area contributed by atoms with Crippen molar-refractivity contribution in [3.05, 3.63) is 29.5 Å². The Hall–Kier alpha value is -2.01. The molecule has 0 aliphatic carbocycles. The van der Waals surface area contributed by atoms with Crippen LogP contribution >= 0.6 is 0 Å². The summed E-state index contributed by atoms with van der Waals surface area (Å²) in [5.74, 6) is 0.357. The number of anilines is 1. The van der Waals surface area contributed by atoms with Crippen molar-refractivity contribution in [3.63, 3.8) is 0 Å². The first-order valence-electron chi connectivity index (χ1n) is 9.38. The molecular formula is C20H29N3O2. The van der Waals surface area contributed by atoms with Gasteiger partial charge in [0.15, 0.2) is 0 Å². The van der Waals surface area contributed by atoms with Gasteiger partial charge in [0.1, 0.15) is 5.69 Å². The third kappa shape index (κ3) is 3.82. The molecule has 3 rings (SSSR count). The topological polar surface area (TPSA) is 68.4 Å². The lowest BCUT2D eigenvalue weighted by Gasteiger charge is -2.11. The van der Waals surface area contributed by atoms with E-state index in [1.165, 1.54) is 16.6 Å². The summed E-state index contributed by atoms with van der Waals surface area (Å²) in [7, 11) is 2.11. The fraction of sp³-hybridized carbons (Fsp3) is 0.550. The number of likely N-dealkylation sites (N-methyl/N-ethyl adjacent to an activating group) is 1. The van der Waals surface area contributed by atoms with Crippen molar-refractivity contribution < 1.29 is 9.90 Å². The summed E-state index contributed by atoms with van der Waals surface area (Å²) >= 11 is 0.